The van der Waals surface area contributed by atoms with Crippen LogP contribution in [0.3, 0.4) is 0 Å². The van der Waals surface area contributed by atoms with Gasteiger partial charge in [-0.15, -0.1) is 31.5 Å². The largest absolute Gasteiger partial charge is 0.387 e. The van der Waals surface area contributed by atoms with E-state index in [-0.39, 0.29) is 0 Å². The number of halogens is 5. The van der Waals surface area contributed by atoms with Gasteiger partial charge in [-0.3, -0.25) is 0 Å². The monoisotopic (exact) mass is 266 g/mol. The lowest BCUT2D eigenvalue weighted by atomic mass is 9.88. The lowest BCUT2D eigenvalue weighted by Gasteiger charge is -2.13. The predicted molar refractivity (Wildman–Crippen MR) is 39.1 cm³/mol. The van der Waals surface area contributed by atoms with Crippen LogP contribution in [0.2, 0.25) is 5.82 Å². The molecule has 0 radical (unpaired) electrons. The summed E-state index contributed by atoms with van der Waals surface area (Å²) in [6, 6.07) is 0. The summed E-state index contributed by atoms with van der Waals surface area (Å²) in [5.41, 5.74) is 0. The van der Waals surface area contributed by atoms with Gasteiger partial charge in [0.15, 0.2) is 0 Å². The van der Waals surface area contributed by atoms with E-state index in [9.17, 15) is 13.2 Å². The van der Waals surface area contributed by atoms with Gasteiger partial charge in [0.05, 0.1) is 5.82 Å². The van der Waals surface area contributed by atoms with E-state index in [2.05, 4.69) is 31.5 Å². The highest BCUT2D eigenvalue weighted by Gasteiger charge is 2.41. The highest BCUT2D eigenvalue weighted by atomic mass is 79.9. The molecule has 0 saturated heterocycles. The molecule has 1 unspecified atom stereocenters. The van der Waals surface area contributed by atoms with Gasteiger partial charge < -0.3 is 0 Å². The van der Waals surface area contributed by atoms with Gasteiger partial charge in [-0.05, 0) is 0 Å². The Balaban J connectivity index is 3.88. The molecule has 0 amide bonds. The van der Waals surface area contributed by atoms with Gasteiger partial charge in [-0.2, -0.15) is 13.2 Å². The first-order valence-electron chi connectivity index (χ1n) is 2.20. The molecule has 0 nitrogen and oxygen atoms in total. The van der Waals surface area contributed by atoms with Crippen molar-refractivity contribution in [3.05, 3.63) is 0 Å². The Bertz CT molecular complexity index is 91.5. The summed E-state index contributed by atoms with van der Waals surface area (Å²) in [6.45, 7) is 1.11. The minimum atomic E-state index is -4.11. The second kappa shape index (κ2) is 3.28. The van der Waals surface area contributed by atoms with Crippen molar-refractivity contribution in [3.8, 4) is 0 Å². The average Bonchev–Trinajstić information content (AvgIpc) is 1.62. The molecule has 0 aromatic carbocycles. The van der Waals surface area contributed by atoms with Crippen LogP contribution in [-0.2, 0) is 0 Å². The van der Waals surface area contributed by atoms with E-state index in [1.54, 1.807) is 0 Å². The zero-order valence-corrected chi connectivity index (χ0v) is 7.72. The van der Waals surface area contributed by atoms with Crippen molar-refractivity contribution in [1.82, 2.24) is 0 Å². The fraction of sp³-hybridized carbons (Fsp3) is 1.00. The fourth-order valence-electron chi connectivity index (χ4n) is 0.143. The maximum absolute atomic E-state index is 11.6. The first-order chi connectivity index (χ1) is 3.85. The molecule has 0 rings (SSSR count). The summed E-state index contributed by atoms with van der Waals surface area (Å²) < 4.78 is 34.2. The van der Waals surface area contributed by atoms with Crippen LogP contribution in [0.1, 0.15) is 6.92 Å². The van der Waals surface area contributed by atoms with Crippen LogP contribution in [0, 0.1) is 0 Å². The maximum Gasteiger partial charge on any atom is 0.387 e. The molecule has 0 aromatic heterocycles. The summed E-state index contributed by atoms with van der Waals surface area (Å²) in [4.78, 5) is 0. The van der Waals surface area contributed by atoms with Gasteiger partial charge in [0, 0.05) is 0 Å². The Hall–Kier alpha value is 0.815. The van der Waals surface area contributed by atoms with Crippen molar-refractivity contribution in [1.29, 1.82) is 0 Å². The number of rotatable bonds is 1. The second-order valence-corrected chi connectivity index (χ2v) is 4.87. The quantitative estimate of drug-likeness (QED) is 0.640. The molecule has 9 heavy (non-hydrogen) atoms. The van der Waals surface area contributed by atoms with Gasteiger partial charge in [-0.25, -0.2) is 0 Å². The summed E-state index contributed by atoms with van der Waals surface area (Å²) >= 11 is 5.54. The van der Waals surface area contributed by atoms with Gasteiger partial charge in [0.25, 0.3) is 0 Å². The van der Waals surface area contributed by atoms with Crippen molar-refractivity contribution in [3.63, 3.8) is 0 Å². The fourth-order valence-corrected chi connectivity index (χ4v) is 0.742. The number of hydrogen-bond donors (Lipinski definition) is 0. The van der Waals surface area contributed by atoms with Gasteiger partial charge in [-0.1, -0.05) is 6.92 Å². The molecular formula is C3H4BBr2F3. The highest BCUT2D eigenvalue weighted by molar-refractivity contribution is 9.49. The van der Waals surface area contributed by atoms with Crippen molar-refractivity contribution in [2.24, 2.45) is 0 Å². The lowest BCUT2D eigenvalue weighted by molar-refractivity contribution is -0.129. The first-order valence-corrected chi connectivity index (χ1v) is 4.03. The van der Waals surface area contributed by atoms with E-state index < -0.39 is 16.4 Å². The smallest absolute Gasteiger partial charge is 0.172 e. The first kappa shape index (κ1) is 9.81. The summed E-state index contributed by atoms with van der Waals surface area (Å²) in [5.74, 6) is -1.35. The Morgan fingerprint density at radius 3 is 1.67 bits per heavy atom. The molecule has 0 aromatic rings. The third-order valence-electron chi connectivity index (χ3n) is 0.894. The Labute approximate surface area is 68.2 Å². The van der Waals surface area contributed by atoms with E-state index in [0.717, 1.165) is 6.92 Å². The predicted octanol–water partition coefficient (Wildman–Crippen LogP) is 3.22. The third kappa shape index (κ3) is 3.50. The van der Waals surface area contributed by atoms with Crippen molar-refractivity contribution < 1.29 is 13.2 Å². The number of alkyl halides is 3. The van der Waals surface area contributed by atoms with Crippen LogP contribution < -0.4 is 0 Å². The van der Waals surface area contributed by atoms with Crippen LogP contribution in [0.4, 0.5) is 13.2 Å². The van der Waals surface area contributed by atoms with Gasteiger partial charge >= 0.3 is 10.5 Å². The van der Waals surface area contributed by atoms with E-state index in [1.165, 1.54) is 0 Å². The normalized spacial score (nSPS) is 15.3. The zero-order valence-electron chi connectivity index (χ0n) is 4.54. The molecule has 0 spiro atoms. The van der Waals surface area contributed by atoms with E-state index in [1.807, 2.05) is 0 Å². The van der Waals surface area contributed by atoms with Crippen LogP contribution in [0.15, 0.2) is 0 Å². The van der Waals surface area contributed by atoms with Crippen LogP contribution in [-0.4, -0.2) is 10.5 Å². The average molecular weight is 268 g/mol. The number of hydrogen-bond acceptors (Lipinski definition) is 0. The minimum Gasteiger partial charge on any atom is -0.172 e. The molecule has 1 atom stereocenters. The molecule has 0 aliphatic heterocycles. The van der Waals surface area contributed by atoms with Gasteiger partial charge in [0.2, 0.25) is 0 Å². The molecule has 0 fully saturated rings. The van der Waals surface area contributed by atoms with E-state index in [0.29, 0.717) is 0 Å². The Kier molecular flexibility index (Phi) is 3.58. The summed E-state index contributed by atoms with van der Waals surface area (Å²) in [5, 5.41) is 0. The lowest BCUT2D eigenvalue weighted by Crippen LogP contribution is -2.21. The summed E-state index contributed by atoms with van der Waals surface area (Å²) in [7, 11) is 0. The molecular weight excluding hydrogens is 264 g/mol. The van der Waals surface area contributed by atoms with Crippen LogP contribution in [0.5, 0.6) is 0 Å². The van der Waals surface area contributed by atoms with E-state index >= 15 is 0 Å². The zero-order chi connectivity index (χ0) is 7.65. The molecule has 0 aliphatic carbocycles. The van der Waals surface area contributed by atoms with Gasteiger partial charge in [0.1, 0.15) is 0 Å². The maximum atomic E-state index is 11.6. The molecule has 0 bridgehead atoms. The van der Waals surface area contributed by atoms with Crippen molar-refractivity contribution in [2.75, 3.05) is 0 Å². The SMILES string of the molecule is CC(B(Br)Br)C(F)(F)F. The standard InChI is InChI=1S/C3H4BBr2F3/c1-2(4(5)6)3(7,8)9/h2H,1H3. The highest BCUT2D eigenvalue weighted by Crippen LogP contribution is 2.36. The minimum absolute atomic E-state index is 0.690. The third-order valence-corrected chi connectivity index (χ3v) is 2.48. The van der Waals surface area contributed by atoms with Crippen LogP contribution in [0.25, 0.3) is 0 Å². The Morgan fingerprint density at radius 2 is 1.67 bits per heavy atom. The molecule has 0 aliphatic rings. The molecule has 0 N–H and O–H groups in total. The van der Waals surface area contributed by atoms with E-state index in [4.69, 9.17) is 0 Å². The molecule has 54 valence electrons. The Morgan fingerprint density at radius 1 is 1.33 bits per heavy atom. The van der Waals surface area contributed by atoms with Crippen molar-refractivity contribution >= 4 is 35.9 Å². The molecule has 6 heteroatoms. The topological polar surface area (TPSA) is 0 Å². The molecule has 0 saturated carbocycles. The second-order valence-electron chi connectivity index (χ2n) is 1.66. The molecule has 0 heterocycles. The van der Waals surface area contributed by atoms with Crippen molar-refractivity contribution in [2.45, 2.75) is 18.9 Å². The summed E-state index contributed by atoms with van der Waals surface area (Å²) in [6.07, 6.45) is -4.11. The van der Waals surface area contributed by atoms with Crippen LogP contribution >= 0.6 is 31.5 Å².